The van der Waals surface area contributed by atoms with E-state index in [2.05, 4.69) is 87.3 Å². The first kappa shape index (κ1) is 23.5. The second kappa shape index (κ2) is 9.80. The SMILES string of the molecule is Cc1cc(Br)cc(-c2ccccc2-c2cccc(-c3ccccc3-c3cc(C)cc(Br)c3O)n2)c1. The molecule has 1 N–H and O–H groups in total. The van der Waals surface area contributed by atoms with Gasteiger partial charge in [0.25, 0.3) is 0 Å². The van der Waals surface area contributed by atoms with Crippen molar-refractivity contribution in [3.05, 3.63) is 117 Å². The molecular formula is C31H23Br2NO. The molecule has 0 unspecified atom stereocenters. The van der Waals surface area contributed by atoms with E-state index < -0.39 is 0 Å². The van der Waals surface area contributed by atoms with E-state index in [1.807, 2.05) is 55.5 Å². The van der Waals surface area contributed by atoms with E-state index in [-0.39, 0.29) is 5.75 Å². The van der Waals surface area contributed by atoms with Crippen molar-refractivity contribution in [2.24, 2.45) is 0 Å². The molecule has 0 aliphatic heterocycles. The maximum atomic E-state index is 10.8. The van der Waals surface area contributed by atoms with E-state index in [0.29, 0.717) is 4.47 Å². The maximum absolute atomic E-state index is 10.8. The van der Waals surface area contributed by atoms with Crippen LogP contribution >= 0.6 is 31.9 Å². The molecule has 0 aliphatic carbocycles. The van der Waals surface area contributed by atoms with Gasteiger partial charge in [-0.15, -0.1) is 0 Å². The standard InChI is InChI=1S/C31H23Br2NO/c1-19-14-21(18-22(32)15-19)23-8-3-5-10-25(23)29-12-7-13-30(34-29)26-11-6-4-9-24(26)27-16-20(2)17-28(33)31(27)35/h3-18,35H,1-2H3. The largest absolute Gasteiger partial charge is 0.506 e. The normalized spacial score (nSPS) is 11.0. The summed E-state index contributed by atoms with van der Waals surface area (Å²) in [5.74, 6) is 0.231. The third kappa shape index (κ3) is 4.82. The van der Waals surface area contributed by atoms with Crippen LogP contribution in [0.1, 0.15) is 11.1 Å². The summed E-state index contributed by atoms with van der Waals surface area (Å²) in [4.78, 5) is 5.10. The Morgan fingerprint density at radius 3 is 1.80 bits per heavy atom. The zero-order chi connectivity index (χ0) is 24.5. The van der Waals surface area contributed by atoms with Crippen LogP contribution in [0.3, 0.4) is 0 Å². The van der Waals surface area contributed by atoms with Gasteiger partial charge < -0.3 is 5.11 Å². The van der Waals surface area contributed by atoms with Crippen LogP contribution in [0.2, 0.25) is 0 Å². The quantitative estimate of drug-likeness (QED) is 0.228. The number of hydrogen-bond acceptors (Lipinski definition) is 2. The van der Waals surface area contributed by atoms with Crippen LogP contribution < -0.4 is 0 Å². The monoisotopic (exact) mass is 583 g/mol. The molecule has 5 aromatic rings. The summed E-state index contributed by atoms with van der Waals surface area (Å²) < 4.78 is 1.74. The smallest absolute Gasteiger partial charge is 0.137 e. The molecule has 0 saturated heterocycles. The molecule has 4 aromatic carbocycles. The number of phenolic OH excluding ortho intramolecular Hbond substituents is 1. The van der Waals surface area contributed by atoms with Crippen molar-refractivity contribution in [1.82, 2.24) is 4.98 Å². The van der Waals surface area contributed by atoms with Gasteiger partial charge in [-0.2, -0.15) is 0 Å². The first-order chi connectivity index (χ1) is 16.9. The van der Waals surface area contributed by atoms with E-state index in [1.165, 1.54) is 5.56 Å². The van der Waals surface area contributed by atoms with Crippen LogP contribution in [0, 0.1) is 13.8 Å². The third-order valence-electron chi connectivity index (χ3n) is 6.01. The van der Waals surface area contributed by atoms with Gasteiger partial charge in [0.05, 0.1) is 15.9 Å². The summed E-state index contributed by atoms with van der Waals surface area (Å²) in [5, 5.41) is 10.8. The molecular weight excluding hydrogens is 562 g/mol. The van der Waals surface area contributed by atoms with Gasteiger partial charge in [-0.3, -0.25) is 0 Å². The fourth-order valence-electron chi connectivity index (χ4n) is 4.47. The maximum Gasteiger partial charge on any atom is 0.137 e. The lowest BCUT2D eigenvalue weighted by Gasteiger charge is -2.15. The predicted molar refractivity (Wildman–Crippen MR) is 153 cm³/mol. The molecule has 0 aliphatic rings. The first-order valence-electron chi connectivity index (χ1n) is 11.3. The molecule has 0 spiro atoms. The summed E-state index contributed by atoms with van der Waals surface area (Å²) >= 11 is 7.13. The summed E-state index contributed by atoms with van der Waals surface area (Å²) in [5.41, 5.74) is 10.1. The zero-order valence-corrected chi connectivity index (χ0v) is 22.6. The Kier molecular flexibility index (Phi) is 6.59. The molecule has 0 saturated carbocycles. The molecule has 1 aromatic heterocycles. The second-order valence-corrected chi connectivity index (χ2v) is 10.4. The third-order valence-corrected chi connectivity index (χ3v) is 7.07. The van der Waals surface area contributed by atoms with Crippen LogP contribution in [0.15, 0.2) is 106 Å². The number of aromatic nitrogens is 1. The van der Waals surface area contributed by atoms with Gasteiger partial charge in [0.2, 0.25) is 0 Å². The summed E-state index contributed by atoms with van der Waals surface area (Å²) in [6, 6.07) is 32.9. The van der Waals surface area contributed by atoms with Crippen molar-refractivity contribution < 1.29 is 5.11 Å². The summed E-state index contributed by atoms with van der Waals surface area (Å²) in [6.45, 7) is 4.13. The van der Waals surface area contributed by atoms with Gasteiger partial charge in [0, 0.05) is 21.2 Å². The van der Waals surface area contributed by atoms with Crippen molar-refractivity contribution in [3.8, 4) is 50.5 Å². The second-order valence-electron chi connectivity index (χ2n) is 8.66. The van der Waals surface area contributed by atoms with E-state index in [4.69, 9.17) is 4.98 Å². The highest BCUT2D eigenvalue weighted by molar-refractivity contribution is 9.10. The Balaban J connectivity index is 1.66. The van der Waals surface area contributed by atoms with Crippen molar-refractivity contribution in [2.75, 3.05) is 0 Å². The number of hydrogen-bond donors (Lipinski definition) is 1. The highest BCUT2D eigenvalue weighted by Gasteiger charge is 2.16. The Bertz CT molecular complexity index is 1540. The van der Waals surface area contributed by atoms with Crippen LogP contribution in [0.5, 0.6) is 5.75 Å². The molecule has 35 heavy (non-hydrogen) atoms. The summed E-state index contributed by atoms with van der Waals surface area (Å²) in [6.07, 6.45) is 0. The lowest BCUT2D eigenvalue weighted by atomic mass is 9.94. The Labute approximate surface area is 222 Å². The van der Waals surface area contributed by atoms with Crippen LogP contribution in [0.4, 0.5) is 0 Å². The number of rotatable bonds is 4. The number of benzene rings is 4. The molecule has 4 heteroatoms. The minimum absolute atomic E-state index is 0.231. The van der Waals surface area contributed by atoms with Gasteiger partial charge >= 0.3 is 0 Å². The number of halogens is 2. The molecule has 0 radical (unpaired) electrons. The van der Waals surface area contributed by atoms with Crippen molar-refractivity contribution in [3.63, 3.8) is 0 Å². The van der Waals surface area contributed by atoms with Gasteiger partial charge in [0.15, 0.2) is 0 Å². The van der Waals surface area contributed by atoms with Crippen molar-refractivity contribution >= 4 is 31.9 Å². The predicted octanol–water partition coefficient (Wildman–Crippen LogP) is 9.60. The minimum Gasteiger partial charge on any atom is -0.506 e. The molecule has 5 rings (SSSR count). The molecule has 0 fully saturated rings. The number of aromatic hydroxyl groups is 1. The van der Waals surface area contributed by atoms with E-state index in [0.717, 1.165) is 54.8 Å². The zero-order valence-electron chi connectivity index (χ0n) is 19.4. The molecule has 0 bridgehead atoms. The number of nitrogens with zero attached hydrogens (tertiary/aromatic N) is 1. The fraction of sp³-hybridized carbons (Fsp3) is 0.0645. The first-order valence-corrected chi connectivity index (χ1v) is 12.9. The van der Waals surface area contributed by atoms with Gasteiger partial charge in [-0.25, -0.2) is 4.98 Å². The van der Waals surface area contributed by atoms with Crippen LogP contribution in [-0.2, 0) is 0 Å². The highest BCUT2D eigenvalue weighted by Crippen LogP contribution is 2.41. The van der Waals surface area contributed by atoms with Gasteiger partial charge in [-0.05, 0) is 94.0 Å². The molecule has 2 nitrogen and oxygen atoms in total. The average molecular weight is 585 g/mol. The fourth-order valence-corrected chi connectivity index (χ4v) is 5.65. The Morgan fingerprint density at radius 1 is 0.571 bits per heavy atom. The molecule has 172 valence electrons. The average Bonchev–Trinajstić information content (AvgIpc) is 2.86. The minimum atomic E-state index is 0.231. The van der Waals surface area contributed by atoms with E-state index in [1.54, 1.807) is 0 Å². The van der Waals surface area contributed by atoms with Crippen molar-refractivity contribution in [2.45, 2.75) is 13.8 Å². The number of pyridine rings is 1. The van der Waals surface area contributed by atoms with Crippen LogP contribution in [-0.4, -0.2) is 10.1 Å². The topological polar surface area (TPSA) is 33.1 Å². The Hall–Kier alpha value is -3.21. The molecule has 0 amide bonds. The number of aryl methyl sites for hydroxylation is 2. The van der Waals surface area contributed by atoms with Gasteiger partial charge in [0.1, 0.15) is 5.75 Å². The van der Waals surface area contributed by atoms with Gasteiger partial charge in [-0.1, -0.05) is 76.6 Å². The van der Waals surface area contributed by atoms with E-state index >= 15 is 0 Å². The lowest BCUT2D eigenvalue weighted by Crippen LogP contribution is -1.93. The number of phenols is 1. The Morgan fingerprint density at radius 2 is 1.14 bits per heavy atom. The highest BCUT2D eigenvalue weighted by atomic mass is 79.9. The van der Waals surface area contributed by atoms with E-state index in [9.17, 15) is 5.11 Å². The van der Waals surface area contributed by atoms with Crippen LogP contribution in [0.25, 0.3) is 44.8 Å². The molecule has 1 heterocycles. The summed E-state index contributed by atoms with van der Waals surface area (Å²) in [7, 11) is 0. The van der Waals surface area contributed by atoms with Crippen molar-refractivity contribution in [1.29, 1.82) is 0 Å². The molecule has 0 atom stereocenters. The lowest BCUT2D eigenvalue weighted by molar-refractivity contribution is 0.474.